The number of carboxylic acid groups (broad SMARTS) is 1. The molecule has 172 valence electrons. The summed E-state index contributed by atoms with van der Waals surface area (Å²) < 4.78 is 0. The van der Waals surface area contributed by atoms with Crippen molar-refractivity contribution in [1.82, 2.24) is 10.6 Å². The van der Waals surface area contributed by atoms with Gasteiger partial charge in [0, 0.05) is 6.42 Å². The van der Waals surface area contributed by atoms with E-state index in [0.29, 0.717) is 12.8 Å². The smallest absolute Gasteiger partial charge is 0.326 e. The summed E-state index contributed by atoms with van der Waals surface area (Å²) in [6.45, 7) is 3.78. The van der Waals surface area contributed by atoms with Gasteiger partial charge >= 0.3 is 5.97 Å². The van der Waals surface area contributed by atoms with E-state index in [4.69, 9.17) is 0 Å². The lowest BCUT2D eigenvalue weighted by atomic mass is 9.94. The molecule has 1 saturated carbocycles. The van der Waals surface area contributed by atoms with Crippen molar-refractivity contribution in [1.29, 1.82) is 0 Å². The summed E-state index contributed by atoms with van der Waals surface area (Å²) in [5.41, 5.74) is 1.91. The number of thiophene rings is 1. The minimum absolute atomic E-state index is 0.0173. The maximum absolute atomic E-state index is 13.2. The Kier molecular flexibility index (Phi) is 8.00. The third-order valence-corrected chi connectivity index (χ3v) is 7.52. The topological polar surface area (TPSA) is 95.5 Å². The zero-order valence-electron chi connectivity index (χ0n) is 18.3. The number of benzene rings is 1. The van der Waals surface area contributed by atoms with E-state index < -0.39 is 28.7 Å². The van der Waals surface area contributed by atoms with Crippen LogP contribution in [0.15, 0.2) is 41.1 Å². The van der Waals surface area contributed by atoms with E-state index in [2.05, 4.69) is 28.6 Å². The summed E-state index contributed by atoms with van der Waals surface area (Å²) in [7, 11) is 0. The Labute approximate surface area is 198 Å². The molecule has 3 N–H and O–H groups in total. The Morgan fingerprint density at radius 1 is 1.09 bits per heavy atom. The molecule has 1 aromatic carbocycles. The van der Waals surface area contributed by atoms with Crippen molar-refractivity contribution in [2.45, 2.75) is 62.8 Å². The van der Waals surface area contributed by atoms with Gasteiger partial charge in [0.25, 0.3) is 0 Å². The number of carbonyl (C=O) groups excluding carboxylic acids is 2. The molecule has 32 heavy (non-hydrogen) atoms. The van der Waals surface area contributed by atoms with Gasteiger partial charge in [0.15, 0.2) is 0 Å². The van der Waals surface area contributed by atoms with E-state index >= 15 is 0 Å². The van der Waals surface area contributed by atoms with Crippen LogP contribution in [0, 0.1) is 5.92 Å². The number of rotatable bonds is 9. The summed E-state index contributed by atoms with van der Waals surface area (Å²) in [4.78, 5) is 37.7. The average Bonchev–Trinajstić information content (AvgIpc) is 3.46. The maximum Gasteiger partial charge on any atom is 0.326 e. The largest absolute Gasteiger partial charge is 0.480 e. The van der Waals surface area contributed by atoms with Crippen LogP contribution in [0.4, 0.5) is 0 Å². The third kappa shape index (κ3) is 5.72. The zero-order valence-corrected chi connectivity index (χ0v) is 20.0. The van der Waals surface area contributed by atoms with Gasteiger partial charge in [0.2, 0.25) is 11.8 Å². The monoisotopic (exact) mass is 474 g/mol. The van der Waals surface area contributed by atoms with Crippen LogP contribution in [0.25, 0.3) is 11.1 Å². The summed E-state index contributed by atoms with van der Waals surface area (Å²) >= 11 is 5.98. The quantitative estimate of drug-likeness (QED) is 0.415. The van der Waals surface area contributed by atoms with Gasteiger partial charge in [-0.1, -0.05) is 51.0 Å². The highest BCUT2D eigenvalue weighted by molar-refractivity contribution is 7.81. The average molecular weight is 475 g/mol. The molecule has 1 fully saturated rings. The van der Waals surface area contributed by atoms with Crippen molar-refractivity contribution in [3.63, 3.8) is 0 Å². The molecule has 2 amide bonds. The van der Waals surface area contributed by atoms with E-state index in [1.165, 1.54) is 0 Å². The zero-order chi connectivity index (χ0) is 23.3. The maximum atomic E-state index is 13.2. The number of nitrogens with one attached hydrogen (secondary N) is 2. The van der Waals surface area contributed by atoms with Gasteiger partial charge in [-0.2, -0.15) is 24.0 Å². The molecule has 1 heterocycles. The van der Waals surface area contributed by atoms with Crippen molar-refractivity contribution in [3.05, 3.63) is 46.7 Å². The highest BCUT2D eigenvalue weighted by atomic mass is 32.1. The SMILES string of the molecule is CC(C)[C@H](S)C(=O)NC1(C(=O)N[C@@H](Cc2ccc(-c3ccsc3)cc2)C(=O)O)CCCC1. The molecule has 2 atom stereocenters. The van der Waals surface area contributed by atoms with E-state index in [0.717, 1.165) is 29.5 Å². The lowest BCUT2D eigenvalue weighted by molar-refractivity contribution is -0.143. The highest BCUT2D eigenvalue weighted by Gasteiger charge is 2.44. The first-order valence-electron chi connectivity index (χ1n) is 10.9. The van der Waals surface area contributed by atoms with E-state index in [9.17, 15) is 19.5 Å². The van der Waals surface area contributed by atoms with Crippen molar-refractivity contribution >= 4 is 41.7 Å². The van der Waals surface area contributed by atoms with Gasteiger partial charge in [-0.15, -0.1) is 0 Å². The predicted molar refractivity (Wildman–Crippen MR) is 130 cm³/mol. The number of thiol groups is 1. The molecule has 1 aliphatic rings. The normalized spacial score (nSPS) is 17.0. The lowest BCUT2D eigenvalue weighted by Gasteiger charge is -2.32. The Balaban J connectivity index is 1.70. The Morgan fingerprint density at radius 3 is 2.28 bits per heavy atom. The standard InChI is InChI=1S/C24H30N2O4S2/c1-15(2)20(31)21(27)26-24(10-3-4-11-24)23(30)25-19(22(28)29)13-16-5-7-17(8-6-16)18-9-12-32-14-18/h5-9,12,14-15,19-20,31H,3-4,10-11,13H2,1-2H3,(H,25,30)(H,26,27)(H,28,29)/t19-,20-/m0/s1. The number of hydrogen-bond donors (Lipinski definition) is 4. The first-order valence-corrected chi connectivity index (χ1v) is 12.3. The van der Waals surface area contributed by atoms with Crippen LogP contribution in [-0.4, -0.2) is 39.7 Å². The van der Waals surface area contributed by atoms with Gasteiger partial charge in [-0.25, -0.2) is 4.79 Å². The number of hydrogen-bond acceptors (Lipinski definition) is 5. The van der Waals surface area contributed by atoms with Gasteiger partial charge in [0.1, 0.15) is 11.6 Å². The van der Waals surface area contributed by atoms with Crippen LogP contribution in [0.5, 0.6) is 0 Å². The molecule has 3 rings (SSSR count). The number of carboxylic acids is 1. The fourth-order valence-corrected chi connectivity index (χ4v) is 4.72. The second-order valence-corrected chi connectivity index (χ2v) is 10.1. The van der Waals surface area contributed by atoms with Crippen LogP contribution < -0.4 is 10.6 Å². The van der Waals surface area contributed by atoms with Crippen LogP contribution in [0.2, 0.25) is 0 Å². The first kappa shape index (κ1) is 24.3. The molecule has 0 spiro atoms. The second kappa shape index (κ2) is 10.5. The highest BCUT2D eigenvalue weighted by Crippen LogP contribution is 2.31. The summed E-state index contributed by atoms with van der Waals surface area (Å²) in [5.74, 6) is -1.82. The molecule has 1 aliphatic carbocycles. The second-order valence-electron chi connectivity index (χ2n) is 8.74. The molecule has 0 saturated heterocycles. The van der Waals surface area contributed by atoms with Crippen molar-refractivity contribution < 1.29 is 19.5 Å². The number of aliphatic carboxylic acids is 1. The van der Waals surface area contributed by atoms with E-state index in [-0.39, 0.29) is 18.2 Å². The van der Waals surface area contributed by atoms with Crippen molar-refractivity contribution in [3.8, 4) is 11.1 Å². The van der Waals surface area contributed by atoms with Gasteiger partial charge in [-0.3, -0.25) is 9.59 Å². The van der Waals surface area contributed by atoms with Gasteiger partial charge in [0.05, 0.1) is 5.25 Å². The Hall–Kier alpha value is -2.32. The first-order chi connectivity index (χ1) is 15.2. The van der Waals surface area contributed by atoms with Crippen LogP contribution >= 0.6 is 24.0 Å². The van der Waals surface area contributed by atoms with E-state index in [1.807, 2.05) is 49.6 Å². The summed E-state index contributed by atoms with van der Waals surface area (Å²) in [6, 6.07) is 8.63. The molecule has 0 unspecified atom stereocenters. The molecule has 0 bridgehead atoms. The molecule has 0 aliphatic heterocycles. The molecule has 6 nitrogen and oxygen atoms in total. The fraction of sp³-hybridized carbons (Fsp3) is 0.458. The minimum Gasteiger partial charge on any atom is -0.480 e. The number of amides is 2. The van der Waals surface area contributed by atoms with Gasteiger partial charge < -0.3 is 15.7 Å². The van der Waals surface area contributed by atoms with Crippen LogP contribution in [0.3, 0.4) is 0 Å². The molecule has 1 aromatic heterocycles. The minimum atomic E-state index is -1.10. The third-order valence-electron chi connectivity index (χ3n) is 6.01. The predicted octanol–water partition coefficient (Wildman–Crippen LogP) is 3.91. The molecular formula is C24H30N2O4S2. The van der Waals surface area contributed by atoms with Crippen LogP contribution in [0.1, 0.15) is 45.1 Å². The van der Waals surface area contributed by atoms with E-state index in [1.54, 1.807) is 11.3 Å². The molecule has 0 radical (unpaired) electrons. The Morgan fingerprint density at radius 2 is 1.75 bits per heavy atom. The van der Waals surface area contributed by atoms with Crippen molar-refractivity contribution in [2.24, 2.45) is 5.92 Å². The number of carbonyl (C=O) groups is 3. The summed E-state index contributed by atoms with van der Waals surface area (Å²) in [6.07, 6.45) is 2.74. The van der Waals surface area contributed by atoms with Crippen molar-refractivity contribution in [2.75, 3.05) is 0 Å². The van der Waals surface area contributed by atoms with Gasteiger partial charge in [-0.05, 0) is 52.3 Å². The molecule has 2 aromatic rings. The molecular weight excluding hydrogens is 444 g/mol. The van der Waals surface area contributed by atoms with Crippen LogP contribution in [-0.2, 0) is 20.8 Å². The molecule has 8 heteroatoms. The lowest BCUT2D eigenvalue weighted by Crippen LogP contribution is -2.61. The summed E-state index contributed by atoms with van der Waals surface area (Å²) in [5, 5.41) is 18.8. The fourth-order valence-electron chi connectivity index (χ4n) is 3.99. The Bertz CT molecular complexity index is 935.